The average molecular weight is 240 g/mol. The van der Waals surface area contributed by atoms with Crippen molar-refractivity contribution >= 4 is 22.7 Å². The van der Waals surface area contributed by atoms with Crippen molar-refractivity contribution in [1.82, 2.24) is 0 Å². The standard InChI is InChI=1S/C15H12OS/c1-17-15-12-9-5-6-10-13(12)16-14(15)11-7-3-2-4-8-11/h2-10H,1H3. The lowest BCUT2D eigenvalue weighted by molar-refractivity contribution is 0.625. The van der Waals surface area contributed by atoms with Gasteiger partial charge in [-0.3, -0.25) is 0 Å². The normalized spacial score (nSPS) is 10.9. The number of furan rings is 1. The van der Waals surface area contributed by atoms with E-state index in [-0.39, 0.29) is 0 Å². The van der Waals surface area contributed by atoms with Crippen LogP contribution in [-0.2, 0) is 0 Å². The van der Waals surface area contributed by atoms with Gasteiger partial charge in [0, 0.05) is 10.9 Å². The van der Waals surface area contributed by atoms with Crippen LogP contribution in [0.15, 0.2) is 63.9 Å². The molecule has 2 heteroatoms. The molecule has 84 valence electrons. The molecule has 0 radical (unpaired) electrons. The predicted octanol–water partition coefficient (Wildman–Crippen LogP) is 4.82. The highest BCUT2D eigenvalue weighted by Crippen LogP contribution is 2.38. The number of fused-ring (bicyclic) bond motifs is 1. The van der Waals surface area contributed by atoms with Crippen LogP contribution in [0.4, 0.5) is 0 Å². The Labute approximate surface area is 104 Å². The maximum absolute atomic E-state index is 5.96. The van der Waals surface area contributed by atoms with E-state index in [4.69, 9.17) is 4.42 Å². The largest absolute Gasteiger partial charge is 0.455 e. The summed E-state index contributed by atoms with van der Waals surface area (Å²) in [5, 5.41) is 1.19. The van der Waals surface area contributed by atoms with Crippen molar-refractivity contribution in [3.63, 3.8) is 0 Å². The first-order chi connectivity index (χ1) is 8.40. The molecular formula is C15H12OS. The monoisotopic (exact) mass is 240 g/mol. The van der Waals surface area contributed by atoms with E-state index in [0.29, 0.717) is 0 Å². The molecule has 1 nitrogen and oxygen atoms in total. The van der Waals surface area contributed by atoms with Crippen LogP contribution >= 0.6 is 11.8 Å². The van der Waals surface area contributed by atoms with Gasteiger partial charge in [-0.1, -0.05) is 42.5 Å². The molecule has 3 aromatic rings. The van der Waals surface area contributed by atoms with E-state index < -0.39 is 0 Å². The summed E-state index contributed by atoms with van der Waals surface area (Å²) in [6.45, 7) is 0. The summed E-state index contributed by atoms with van der Waals surface area (Å²) in [6.07, 6.45) is 2.09. The Bertz CT molecular complexity index is 640. The molecule has 3 rings (SSSR count). The van der Waals surface area contributed by atoms with Crippen molar-refractivity contribution in [2.45, 2.75) is 4.90 Å². The van der Waals surface area contributed by atoms with Gasteiger partial charge in [-0.15, -0.1) is 11.8 Å². The van der Waals surface area contributed by atoms with Gasteiger partial charge < -0.3 is 4.42 Å². The molecule has 0 fully saturated rings. The first kappa shape index (κ1) is 10.5. The molecule has 0 N–H and O–H groups in total. The molecule has 1 heterocycles. The summed E-state index contributed by atoms with van der Waals surface area (Å²) >= 11 is 1.73. The molecule has 0 amide bonds. The van der Waals surface area contributed by atoms with Crippen LogP contribution in [-0.4, -0.2) is 6.26 Å². The zero-order valence-electron chi connectivity index (χ0n) is 9.51. The Hall–Kier alpha value is -1.67. The summed E-state index contributed by atoms with van der Waals surface area (Å²) in [5.41, 5.74) is 2.09. The Morgan fingerprint density at radius 2 is 1.59 bits per heavy atom. The number of hydrogen-bond acceptors (Lipinski definition) is 2. The Morgan fingerprint density at radius 1 is 0.882 bits per heavy atom. The molecule has 0 atom stereocenters. The van der Waals surface area contributed by atoms with Gasteiger partial charge in [0.05, 0.1) is 4.90 Å². The van der Waals surface area contributed by atoms with Crippen molar-refractivity contribution in [2.75, 3.05) is 6.26 Å². The fraction of sp³-hybridized carbons (Fsp3) is 0.0667. The summed E-state index contributed by atoms with van der Waals surface area (Å²) in [4.78, 5) is 1.21. The lowest BCUT2D eigenvalue weighted by atomic mass is 10.1. The third-order valence-corrected chi connectivity index (χ3v) is 3.60. The Morgan fingerprint density at radius 3 is 2.35 bits per heavy atom. The molecule has 2 aromatic carbocycles. The van der Waals surface area contributed by atoms with E-state index in [1.165, 1.54) is 10.3 Å². The van der Waals surface area contributed by atoms with E-state index in [9.17, 15) is 0 Å². The van der Waals surface area contributed by atoms with Gasteiger partial charge in [0.15, 0.2) is 0 Å². The number of benzene rings is 2. The van der Waals surface area contributed by atoms with Crippen LogP contribution in [0.2, 0.25) is 0 Å². The highest BCUT2D eigenvalue weighted by atomic mass is 32.2. The second-order valence-electron chi connectivity index (χ2n) is 3.83. The van der Waals surface area contributed by atoms with Crippen LogP contribution in [0.1, 0.15) is 0 Å². The topological polar surface area (TPSA) is 13.1 Å². The van der Waals surface area contributed by atoms with E-state index >= 15 is 0 Å². The molecule has 0 aliphatic rings. The number of para-hydroxylation sites is 1. The van der Waals surface area contributed by atoms with Crippen LogP contribution in [0.3, 0.4) is 0 Å². The minimum Gasteiger partial charge on any atom is -0.455 e. The Kier molecular flexibility index (Phi) is 2.65. The summed E-state index contributed by atoms with van der Waals surface area (Å²) in [5.74, 6) is 0.972. The quantitative estimate of drug-likeness (QED) is 0.596. The van der Waals surface area contributed by atoms with Crippen molar-refractivity contribution in [3.05, 3.63) is 54.6 Å². The fourth-order valence-electron chi connectivity index (χ4n) is 2.00. The van der Waals surface area contributed by atoms with Gasteiger partial charge in [0.2, 0.25) is 0 Å². The van der Waals surface area contributed by atoms with Gasteiger partial charge >= 0.3 is 0 Å². The maximum Gasteiger partial charge on any atom is 0.148 e. The highest BCUT2D eigenvalue weighted by molar-refractivity contribution is 7.99. The van der Waals surface area contributed by atoms with Crippen LogP contribution in [0.25, 0.3) is 22.3 Å². The Balaban J connectivity index is 2.30. The third kappa shape index (κ3) is 1.75. The smallest absolute Gasteiger partial charge is 0.148 e. The second-order valence-corrected chi connectivity index (χ2v) is 4.64. The van der Waals surface area contributed by atoms with Gasteiger partial charge in [-0.05, 0) is 18.4 Å². The van der Waals surface area contributed by atoms with E-state index in [1.54, 1.807) is 11.8 Å². The van der Waals surface area contributed by atoms with Gasteiger partial charge in [-0.25, -0.2) is 0 Å². The molecule has 0 saturated carbocycles. The number of rotatable bonds is 2. The van der Waals surface area contributed by atoms with Crippen LogP contribution in [0, 0.1) is 0 Å². The molecule has 1 aromatic heterocycles. The molecule has 0 bridgehead atoms. The first-order valence-corrected chi connectivity index (χ1v) is 6.73. The zero-order chi connectivity index (χ0) is 11.7. The predicted molar refractivity (Wildman–Crippen MR) is 73.4 cm³/mol. The average Bonchev–Trinajstić information content (AvgIpc) is 2.78. The second kappa shape index (κ2) is 4.30. The van der Waals surface area contributed by atoms with Crippen molar-refractivity contribution in [3.8, 4) is 11.3 Å². The summed E-state index contributed by atoms with van der Waals surface area (Å²) < 4.78 is 5.96. The highest BCUT2D eigenvalue weighted by Gasteiger charge is 2.13. The molecule has 0 spiro atoms. The fourth-order valence-corrected chi connectivity index (χ4v) is 2.74. The zero-order valence-corrected chi connectivity index (χ0v) is 10.3. The van der Waals surface area contributed by atoms with Gasteiger partial charge in [0.25, 0.3) is 0 Å². The third-order valence-electron chi connectivity index (χ3n) is 2.79. The molecule has 0 saturated heterocycles. The molecule has 17 heavy (non-hydrogen) atoms. The van der Waals surface area contributed by atoms with Crippen LogP contribution in [0.5, 0.6) is 0 Å². The minimum absolute atomic E-state index is 0.954. The van der Waals surface area contributed by atoms with Crippen molar-refractivity contribution in [2.24, 2.45) is 0 Å². The van der Waals surface area contributed by atoms with E-state index in [0.717, 1.165) is 16.9 Å². The molecular weight excluding hydrogens is 228 g/mol. The van der Waals surface area contributed by atoms with Gasteiger partial charge in [0.1, 0.15) is 11.3 Å². The number of thioether (sulfide) groups is 1. The lowest BCUT2D eigenvalue weighted by Crippen LogP contribution is -1.75. The maximum atomic E-state index is 5.96. The molecule has 0 aliphatic carbocycles. The van der Waals surface area contributed by atoms with Crippen molar-refractivity contribution < 1.29 is 4.42 Å². The minimum atomic E-state index is 0.954. The van der Waals surface area contributed by atoms with E-state index in [2.05, 4.69) is 24.5 Å². The van der Waals surface area contributed by atoms with Crippen LogP contribution < -0.4 is 0 Å². The van der Waals surface area contributed by atoms with Gasteiger partial charge in [-0.2, -0.15) is 0 Å². The molecule has 0 aliphatic heterocycles. The molecule has 0 unspecified atom stereocenters. The SMILES string of the molecule is CSc1c(-c2ccccc2)oc2ccccc12. The number of hydrogen-bond donors (Lipinski definition) is 0. The van der Waals surface area contributed by atoms with Crippen molar-refractivity contribution in [1.29, 1.82) is 0 Å². The summed E-state index contributed by atoms with van der Waals surface area (Å²) in [7, 11) is 0. The lowest BCUT2D eigenvalue weighted by Gasteiger charge is -1.99. The first-order valence-electron chi connectivity index (χ1n) is 5.51. The van der Waals surface area contributed by atoms with E-state index in [1.807, 2.05) is 36.4 Å². The summed E-state index contributed by atoms with van der Waals surface area (Å²) in [6, 6.07) is 18.4.